The average molecular weight is 412 g/mol. The molecule has 4 nitrogen and oxygen atoms in total. The molecule has 4 heterocycles. The van der Waals surface area contributed by atoms with Crippen LogP contribution < -0.4 is 0 Å². The van der Waals surface area contributed by atoms with Crippen LogP contribution in [0.4, 0.5) is 0 Å². The molecule has 0 aliphatic rings. The van der Waals surface area contributed by atoms with Crippen LogP contribution in [0.5, 0.6) is 0 Å². The van der Waals surface area contributed by atoms with E-state index in [1.807, 2.05) is 24.3 Å². The molecule has 6 rings (SSSR count). The van der Waals surface area contributed by atoms with Gasteiger partial charge in [-0.1, -0.05) is 29.8 Å². The van der Waals surface area contributed by atoms with Crippen molar-refractivity contribution in [2.75, 3.05) is 0 Å². The predicted molar refractivity (Wildman–Crippen MR) is 130 cm³/mol. The number of benzene rings is 2. The molecule has 0 saturated heterocycles. The molecule has 2 aromatic carbocycles. The number of aromatic nitrogens is 4. The van der Waals surface area contributed by atoms with Gasteiger partial charge in [0, 0.05) is 46.7 Å². The number of rotatable bonds is 3. The van der Waals surface area contributed by atoms with Crippen molar-refractivity contribution >= 4 is 21.8 Å². The molecule has 0 aliphatic heterocycles. The van der Waals surface area contributed by atoms with Gasteiger partial charge >= 0.3 is 0 Å². The van der Waals surface area contributed by atoms with Gasteiger partial charge in [0.25, 0.3) is 0 Å². The number of hydrogen-bond donors (Lipinski definition) is 0. The van der Waals surface area contributed by atoms with Gasteiger partial charge in [-0.3, -0.25) is 9.97 Å². The van der Waals surface area contributed by atoms with Crippen molar-refractivity contribution in [3.63, 3.8) is 0 Å². The summed E-state index contributed by atoms with van der Waals surface area (Å²) >= 11 is 0. The Bertz CT molecular complexity index is 1510. The van der Waals surface area contributed by atoms with Crippen molar-refractivity contribution < 1.29 is 0 Å². The zero-order valence-electron chi connectivity index (χ0n) is 17.6. The number of nitrogens with zero attached hydrogens (tertiary/aromatic N) is 4. The van der Waals surface area contributed by atoms with Crippen LogP contribution in [0.25, 0.3) is 50.0 Å². The molecule has 0 N–H and O–H groups in total. The molecular weight excluding hydrogens is 392 g/mol. The standard InChI is InChI=1S/C28H20N4/c1-19-6-7-28-24(16-19)23-4-2-3-5-27(23)32(28)22-17-25(20-8-12-29-13-9-20)31-26(18-22)21-10-14-30-15-11-21/h2-18H,1H3. The van der Waals surface area contributed by atoms with Crippen molar-refractivity contribution in [1.82, 2.24) is 19.5 Å². The molecule has 0 bridgehead atoms. The fourth-order valence-corrected chi connectivity index (χ4v) is 4.35. The van der Waals surface area contributed by atoms with E-state index < -0.39 is 0 Å². The molecule has 152 valence electrons. The minimum absolute atomic E-state index is 0.912. The Hall–Kier alpha value is -4.31. The minimum atomic E-state index is 0.912. The van der Waals surface area contributed by atoms with E-state index in [0.717, 1.165) is 28.2 Å². The van der Waals surface area contributed by atoms with Crippen LogP contribution in [-0.2, 0) is 0 Å². The molecule has 0 saturated carbocycles. The summed E-state index contributed by atoms with van der Waals surface area (Å²) in [6.07, 6.45) is 7.22. The summed E-state index contributed by atoms with van der Waals surface area (Å²) in [7, 11) is 0. The maximum absolute atomic E-state index is 4.99. The largest absolute Gasteiger partial charge is 0.309 e. The van der Waals surface area contributed by atoms with Crippen molar-refractivity contribution in [3.8, 4) is 28.2 Å². The molecular formula is C28H20N4. The van der Waals surface area contributed by atoms with E-state index in [-0.39, 0.29) is 0 Å². The van der Waals surface area contributed by atoms with E-state index in [4.69, 9.17) is 4.98 Å². The van der Waals surface area contributed by atoms with Gasteiger partial charge in [0.05, 0.1) is 28.1 Å². The molecule has 0 amide bonds. The fraction of sp³-hybridized carbons (Fsp3) is 0.0357. The third kappa shape index (κ3) is 3.05. The first-order valence-corrected chi connectivity index (χ1v) is 10.6. The quantitative estimate of drug-likeness (QED) is 0.328. The first kappa shape index (κ1) is 18.5. The van der Waals surface area contributed by atoms with Crippen LogP contribution in [0, 0.1) is 6.92 Å². The Morgan fingerprint density at radius 3 is 1.84 bits per heavy atom. The lowest BCUT2D eigenvalue weighted by Crippen LogP contribution is -1.98. The van der Waals surface area contributed by atoms with Gasteiger partial charge in [-0.15, -0.1) is 0 Å². The molecule has 6 aromatic rings. The third-order valence-corrected chi connectivity index (χ3v) is 5.85. The van der Waals surface area contributed by atoms with Crippen LogP contribution in [0.1, 0.15) is 5.56 Å². The smallest absolute Gasteiger partial charge is 0.0731 e. The van der Waals surface area contributed by atoms with Crippen molar-refractivity contribution in [3.05, 3.63) is 109 Å². The predicted octanol–water partition coefficient (Wildman–Crippen LogP) is 6.61. The Labute approximate surface area is 185 Å². The lowest BCUT2D eigenvalue weighted by atomic mass is 10.1. The van der Waals surface area contributed by atoms with Gasteiger partial charge in [0.2, 0.25) is 0 Å². The highest BCUT2D eigenvalue weighted by Gasteiger charge is 2.15. The average Bonchev–Trinajstić information content (AvgIpc) is 3.18. The van der Waals surface area contributed by atoms with Crippen LogP contribution in [0.15, 0.2) is 104 Å². The summed E-state index contributed by atoms with van der Waals surface area (Å²) in [5, 5.41) is 2.51. The van der Waals surface area contributed by atoms with Crippen molar-refractivity contribution in [2.45, 2.75) is 6.92 Å². The summed E-state index contributed by atoms with van der Waals surface area (Å²) < 4.78 is 2.33. The molecule has 32 heavy (non-hydrogen) atoms. The highest BCUT2D eigenvalue weighted by atomic mass is 15.0. The highest BCUT2D eigenvalue weighted by Crippen LogP contribution is 2.35. The number of pyridine rings is 3. The van der Waals surface area contributed by atoms with Crippen molar-refractivity contribution in [2.24, 2.45) is 0 Å². The zero-order chi connectivity index (χ0) is 21.5. The summed E-state index contributed by atoms with van der Waals surface area (Å²) in [5.41, 5.74) is 8.59. The summed E-state index contributed by atoms with van der Waals surface area (Å²) in [5.74, 6) is 0. The van der Waals surface area contributed by atoms with Gasteiger partial charge in [-0.05, 0) is 61.5 Å². The summed E-state index contributed by atoms with van der Waals surface area (Å²) in [6, 6.07) is 27.5. The van der Waals surface area contributed by atoms with Gasteiger partial charge in [-0.2, -0.15) is 0 Å². The molecule has 4 aromatic heterocycles. The van der Waals surface area contributed by atoms with E-state index in [2.05, 4.69) is 76.1 Å². The molecule has 0 unspecified atom stereocenters. The molecule has 0 fully saturated rings. The number of fused-ring (bicyclic) bond motifs is 3. The SMILES string of the molecule is Cc1ccc2c(c1)c1ccccc1n2-c1cc(-c2ccncc2)nc(-c2ccncc2)c1. The monoisotopic (exact) mass is 412 g/mol. The Balaban J connectivity index is 1.70. The summed E-state index contributed by atoms with van der Waals surface area (Å²) in [4.78, 5) is 13.3. The number of aryl methyl sites for hydroxylation is 1. The van der Waals surface area contributed by atoms with Crippen LogP contribution >= 0.6 is 0 Å². The Kier molecular flexibility index (Phi) is 4.29. The van der Waals surface area contributed by atoms with E-state index in [1.54, 1.807) is 24.8 Å². The maximum atomic E-state index is 4.99. The summed E-state index contributed by atoms with van der Waals surface area (Å²) in [6.45, 7) is 2.14. The Morgan fingerprint density at radius 2 is 1.19 bits per heavy atom. The van der Waals surface area contributed by atoms with Gasteiger partial charge in [0.15, 0.2) is 0 Å². The lowest BCUT2D eigenvalue weighted by Gasteiger charge is -2.13. The normalized spacial score (nSPS) is 11.3. The van der Waals surface area contributed by atoms with Crippen LogP contribution in [-0.4, -0.2) is 19.5 Å². The van der Waals surface area contributed by atoms with Crippen molar-refractivity contribution in [1.29, 1.82) is 0 Å². The fourth-order valence-electron chi connectivity index (χ4n) is 4.35. The van der Waals surface area contributed by atoms with Gasteiger partial charge in [-0.25, -0.2) is 4.98 Å². The molecule has 0 atom stereocenters. The lowest BCUT2D eigenvalue weighted by molar-refractivity contribution is 1.16. The molecule has 0 radical (unpaired) electrons. The van der Waals surface area contributed by atoms with E-state index in [1.165, 1.54) is 27.4 Å². The molecule has 0 spiro atoms. The third-order valence-electron chi connectivity index (χ3n) is 5.85. The van der Waals surface area contributed by atoms with Gasteiger partial charge in [0.1, 0.15) is 0 Å². The number of para-hydroxylation sites is 1. The zero-order valence-corrected chi connectivity index (χ0v) is 17.6. The maximum Gasteiger partial charge on any atom is 0.0731 e. The second-order valence-electron chi connectivity index (χ2n) is 7.94. The molecule has 0 aliphatic carbocycles. The van der Waals surface area contributed by atoms with Crippen LogP contribution in [0.2, 0.25) is 0 Å². The first-order chi connectivity index (χ1) is 15.8. The first-order valence-electron chi connectivity index (χ1n) is 10.6. The highest BCUT2D eigenvalue weighted by molar-refractivity contribution is 6.09. The second kappa shape index (κ2) is 7.43. The topological polar surface area (TPSA) is 43.6 Å². The van der Waals surface area contributed by atoms with E-state index >= 15 is 0 Å². The van der Waals surface area contributed by atoms with Gasteiger partial charge < -0.3 is 4.57 Å². The van der Waals surface area contributed by atoms with E-state index in [0.29, 0.717) is 0 Å². The molecule has 4 heteroatoms. The van der Waals surface area contributed by atoms with E-state index in [9.17, 15) is 0 Å². The number of hydrogen-bond acceptors (Lipinski definition) is 3. The minimum Gasteiger partial charge on any atom is -0.309 e. The Morgan fingerprint density at radius 1 is 0.594 bits per heavy atom. The van der Waals surface area contributed by atoms with Crippen LogP contribution in [0.3, 0.4) is 0 Å². The second-order valence-corrected chi connectivity index (χ2v) is 7.94.